The molecule has 20 heavy (non-hydrogen) atoms. The SMILES string of the molecule is O=C(CNCc1cc(Br)c2c(c1)OCO2)N1CCCC1. The van der Waals surface area contributed by atoms with Crippen LogP contribution in [0.15, 0.2) is 16.6 Å². The topological polar surface area (TPSA) is 50.8 Å². The number of nitrogens with zero attached hydrogens (tertiary/aromatic N) is 1. The van der Waals surface area contributed by atoms with Crippen LogP contribution in [0, 0.1) is 0 Å². The van der Waals surface area contributed by atoms with Crippen molar-refractivity contribution in [3.8, 4) is 11.5 Å². The van der Waals surface area contributed by atoms with Gasteiger partial charge in [0.2, 0.25) is 12.7 Å². The second-order valence-corrected chi connectivity index (χ2v) is 5.86. The zero-order chi connectivity index (χ0) is 13.9. The second kappa shape index (κ2) is 6.01. The summed E-state index contributed by atoms with van der Waals surface area (Å²) in [6.45, 7) is 3.07. The van der Waals surface area contributed by atoms with Gasteiger partial charge in [-0.2, -0.15) is 0 Å². The van der Waals surface area contributed by atoms with E-state index in [0.29, 0.717) is 13.1 Å². The van der Waals surface area contributed by atoms with Crippen molar-refractivity contribution >= 4 is 21.8 Å². The maximum absolute atomic E-state index is 11.9. The van der Waals surface area contributed by atoms with E-state index in [-0.39, 0.29) is 12.7 Å². The molecule has 1 amide bonds. The molecular weight excluding hydrogens is 324 g/mol. The van der Waals surface area contributed by atoms with Crippen LogP contribution in [0.3, 0.4) is 0 Å². The maximum atomic E-state index is 11.9. The van der Waals surface area contributed by atoms with Gasteiger partial charge in [0, 0.05) is 19.6 Å². The molecule has 0 spiro atoms. The van der Waals surface area contributed by atoms with Crippen LogP contribution in [0.2, 0.25) is 0 Å². The number of carbonyl (C=O) groups is 1. The van der Waals surface area contributed by atoms with Crippen LogP contribution in [0.25, 0.3) is 0 Å². The van der Waals surface area contributed by atoms with Crippen molar-refractivity contribution < 1.29 is 14.3 Å². The maximum Gasteiger partial charge on any atom is 0.236 e. The van der Waals surface area contributed by atoms with Gasteiger partial charge in [0.05, 0.1) is 11.0 Å². The third-order valence-corrected chi connectivity index (χ3v) is 4.14. The van der Waals surface area contributed by atoms with Gasteiger partial charge in [0.15, 0.2) is 11.5 Å². The van der Waals surface area contributed by atoms with Crippen molar-refractivity contribution in [3.63, 3.8) is 0 Å². The first-order chi connectivity index (χ1) is 9.74. The summed E-state index contributed by atoms with van der Waals surface area (Å²) in [5.41, 5.74) is 1.07. The third kappa shape index (κ3) is 2.91. The van der Waals surface area contributed by atoms with Crippen LogP contribution in [-0.2, 0) is 11.3 Å². The molecule has 0 aromatic heterocycles. The number of rotatable bonds is 4. The molecule has 5 nitrogen and oxygen atoms in total. The fourth-order valence-corrected chi connectivity index (χ4v) is 3.12. The Morgan fingerprint density at radius 2 is 2.10 bits per heavy atom. The Balaban J connectivity index is 1.53. The summed E-state index contributed by atoms with van der Waals surface area (Å²) >= 11 is 3.46. The van der Waals surface area contributed by atoms with Crippen LogP contribution >= 0.6 is 15.9 Å². The predicted molar refractivity (Wildman–Crippen MR) is 77.8 cm³/mol. The lowest BCUT2D eigenvalue weighted by Crippen LogP contribution is -2.35. The minimum atomic E-state index is 0.183. The van der Waals surface area contributed by atoms with Crippen molar-refractivity contribution in [3.05, 3.63) is 22.2 Å². The first-order valence-corrected chi connectivity index (χ1v) is 7.60. The third-order valence-electron chi connectivity index (χ3n) is 3.55. The number of ether oxygens (including phenoxy) is 2. The van der Waals surface area contributed by atoms with E-state index in [1.165, 1.54) is 0 Å². The van der Waals surface area contributed by atoms with Crippen LogP contribution < -0.4 is 14.8 Å². The molecule has 0 radical (unpaired) electrons. The molecule has 1 N–H and O–H groups in total. The van der Waals surface area contributed by atoms with Crippen molar-refractivity contribution in [1.29, 1.82) is 0 Å². The van der Waals surface area contributed by atoms with E-state index in [1.54, 1.807) is 0 Å². The summed E-state index contributed by atoms with van der Waals surface area (Å²) < 4.78 is 11.6. The second-order valence-electron chi connectivity index (χ2n) is 5.00. The number of benzene rings is 1. The number of amides is 1. The van der Waals surface area contributed by atoms with Crippen LogP contribution in [0.1, 0.15) is 18.4 Å². The summed E-state index contributed by atoms with van der Waals surface area (Å²) in [5, 5.41) is 3.19. The number of hydrogen-bond donors (Lipinski definition) is 1. The molecule has 2 aliphatic heterocycles. The fraction of sp³-hybridized carbons (Fsp3) is 0.500. The average molecular weight is 341 g/mol. The quantitative estimate of drug-likeness (QED) is 0.909. The zero-order valence-corrected chi connectivity index (χ0v) is 12.7. The predicted octanol–water partition coefficient (Wildman–Crippen LogP) is 1.89. The van der Waals surface area contributed by atoms with Gasteiger partial charge in [-0.15, -0.1) is 0 Å². The summed E-state index contributed by atoms with van der Waals surface area (Å²) in [6.07, 6.45) is 2.25. The molecule has 3 rings (SSSR count). The highest BCUT2D eigenvalue weighted by molar-refractivity contribution is 9.10. The molecule has 0 bridgehead atoms. The first-order valence-electron chi connectivity index (χ1n) is 6.80. The highest BCUT2D eigenvalue weighted by Crippen LogP contribution is 2.39. The molecule has 6 heteroatoms. The Morgan fingerprint density at radius 1 is 1.30 bits per heavy atom. The molecular formula is C14H17BrN2O3. The fourth-order valence-electron chi connectivity index (χ4n) is 2.51. The molecule has 1 aromatic carbocycles. The lowest BCUT2D eigenvalue weighted by atomic mass is 10.2. The Hall–Kier alpha value is -1.27. The molecule has 1 fully saturated rings. The normalized spacial score (nSPS) is 16.8. The average Bonchev–Trinajstić information content (AvgIpc) is 3.09. The molecule has 1 saturated heterocycles. The van der Waals surface area contributed by atoms with Crippen molar-refractivity contribution in [2.24, 2.45) is 0 Å². The highest BCUT2D eigenvalue weighted by atomic mass is 79.9. The van der Waals surface area contributed by atoms with E-state index >= 15 is 0 Å². The van der Waals surface area contributed by atoms with E-state index in [1.807, 2.05) is 17.0 Å². The number of likely N-dealkylation sites (tertiary alicyclic amines) is 1. The number of halogens is 1. The Morgan fingerprint density at radius 3 is 2.90 bits per heavy atom. The molecule has 0 aliphatic carbocycles. The van der Waals surface area contributed by atoms with Crippen LogP contribution in [-0.4, -0.2) is 37.2 Å². The number of carbonyl (C=O) groups excluding carboxylic acids is 1. The summed E-state index contributed by atoms with van der Waals surface area (Å²) in [7, 11) is 0. The van der Waals surface area contributed by atoms with E-state index < -0.39 is 0 Å². The summed E-state index contributed by atoms with van der Waals surface area (Å²) in [4.78, 5) is 13.8. The van der Waals surface area contributed by atoms with Crippen LogP contribution in [0.5, 0.6) is 11.5 Å². The van der Waals surface area contributed by atoms with Crippen molar-refractivity contribution in [1.82, 2.24) is 10.2 Å². The van der Waals surface area contributed by atoms with Gasteiger partial charge in [0.25, 0.3) is 0 Å². The van der Waals surface area contributed by atoms with Crippen molar-refractivity contribution in [2.45, 2.75) is 19.4 Å². The molecule has 2 heterocycles. The Bertz CT molecular complexity index is 515. The monoisotopic (exact) mass is 340 g/mol. The number of nitrogens with one attached hydrogen (secondary N) is 1. The molecule has 1 aromatic rings. The minimum Gasteiger partial charge on any atom is -0.454 e. The Kier molecular flexibility index (Phi) is 4.12. The van der Waals surface area contributed by atoms with Gasteiger partial charge in [-0.05, 0) is 46.5 Å². The van der Waals surface area contributed by atoms with E-state index in [9.17, 15) is 4.79 Å². The van der Waals surface area contributed by atoms with Gasteiger partial charge < -0.3 is 19.7 Å². The smallest absolute Gasteiger partial charge is 0.236 e. The molecule has 0 atom stereocenters. The van der Waals surface area contributed by atoms with Crippen molar-refractivity contribution in [2.75, 3.05) is 26.4 Å². The van der Waals surface area contributed by atoms with Gasteiger partial charge >= 0.3 is 0 Å². The summed E-state index contributed by atoms with van der Waals surface area (Å²) in [6, 6.07) is 3.93. The minimum absolute atomic E-state index is 0.183. The van der Waals surface area contributed by atoms with E-state index in [0.717, 1.165) is 47.5 Å². The van der Waals surface area contributed by atoms with Gasteiger partial charge in [-0.3, -0.25) is 4.79 Å². The molecule has 0 saturated carbocycles. The van der Waals surface area contributed by atoms with Crippen LogP contribution in [0.4, 0.5) is 0 Å². The first kappa shape index (κ1) is 13.7. The molecule has 0 unspecified atom stereocenters. The zero-order valence-electron chi connectivity index (χ0n) is 11.2. The Labute approximate surface area is 126 Å². The van der Waals surface area contributed by atoms with E-state index in [4.69, 9.17) is 9.47 Å². The highest BCUT2D eigenvalue weighted by Gasteiger charge is 2.19. The molecule has 108 valence electrons. The summed E-state index contributed by atoms with van der Waals surface area (Å²) in [5.74, 6) is 1.69. The van der Waals surface area contributed by atoms with Gasteiger partial charge in [-0.1, -0.05) is 0 Å². The van der Waals surface area contributed by atoms with Gasteiger partial charge in [0.1, 0.15) is 0 Å². The van der Waals surface area contributed by atoms with Gasteiger partial charge in [-0.25, -0.2) is 0 Å². The standard InChI is InChI=1S/C14H17BrN2O3/c15-11-5-10(6-12-14(11)20-9-19-12)7-16-8-13(18)17-3-1-2-4-17/h5-6,16H,1-4,7-9H2. The lowest BCUT2D eigenvalue weighted by molar-refractivity contribution is -0.129. The largest absolute Gasteiger partial charge is 0.454 e. The molecule has 2 aliphatic rings. The van der Waals surface area contributed by atoms with E-state index in [2.05, 4.69) is 21.2 Å². The number of hydrogen-bond acceptors (Lipinski definition) is 4. The number of fused-ring (bicyclic) bond motifs is 1. The lowest BCUT2D eigenvalue weighted by Gasteiger charge is -2.15.